The van der Waals surface area contributed by atoms with Gasteiger partial charge in [0.15, 0.2) is 5.75 Å². The van der Waals surface area contributed by atoms with Crippen molar-refractivity contribution in [3.8, 4) is 11.5 Å². The third kappa shape index (κ3) is 6.07. The number of amides is 1. The number of ether oxygens (including phenoxy) is 2. The Kier molecular flexibility index (Phi) is 6.07. The highest BCUT2D eigenvalue weighted by Crippen LogP contribution is 2.26. The highest BCUT2D eigenvalue weighted by Gasteiger charge is 2.18. The van der Waals surface area contributed by atoms with Gasteiger partial charge in [-0.3, -0.25) is 15.0 Å². The van der Waals surface area contributed by atoms with E-state index in [1.165, 1.54) is 24.8 Å². The Bertz CT molecular complexity index is 847. The van der Waals surface area contributed by atoms with E-state index in [0.29, 0.717) is 17.2 Å². The summed E-state index contributed by atoms with van der Waals surface area (Å²) in [5.74, 6) is -0.631. The highest BCUT2D eigenvalue weighted by atomic mass is 16.6. The summed E-state index contributed by atoms with van der Waals surface area (Å²) in [6, 6.07) is 4.66. The Labute approximate surface area is 156 Å². The first-order valence-corrected chi connectivity index (χ1v) is 8.07. The van der Waals surface area contributed by atoms with Crippen molar-refractivity contribution in [3.05, 3.63) is 42.5 Å². The zero-order valence-electron chi connectivity index (χ0n) is 15.3. The summed E-state index contributed by atoms with van der Waals surface area (Å²) >= 11 is 0. The zero-order valence-corrected chi connectivity index (χ0v) is 15.3. The van der Waals surface area contributed by atoms with Gasteiger partial charge in [-0.05, 0) is 39.0 Å². The van der Waals surface area contributed by atoms with Gasteiger partial charge in [0.25, 0.3) is 5.91 Å². The standard InChI is InChI=1S/C18H21N5O4/c1-18(2,3)27-15(24)9-23-14-5-4-11(6-13(14)16(19)17(20)25)26-12-7-21-10-22-8-12/h4-8,10,19,23H,9H2,1-3H3,(H2,20,25). The number of carbonyl (C=O) groups excluding carboxylic acids is 2. The number of aromatic nitrogens is 2. The molecule has 0 radical (unpaired) electrons. The van der Waals surface area contributed by atoms with Gasteiger partial charge in [-0.2, -0.15) is 0 Å². The molecule has 142 valence electrons. The second kappa shape index (κ2) is 8.26. The first-order valence-electron chi connectivity index (χ1n) is 8.07. The van der Waals surface area contributed by atoms with Crippen LogP contribution in [0.15, 0.2) is 36.9 Å². The van der Waals surface area contributed by atoms with Crippen molar-refractivity contribution in [2.24, 2.45) is 5.73 Å². The van der Waals surface area contributed by atoms with E-state index in [9.17, 15) is 9.59 Å². The molecule has 4 N–H and O–H groups in total. The first kappa shape index (κ1) is 19.8. The lowest BCUT2D eigenvalue weighted by Gasteiger charge is -2.20. The van der Waals surface area contributed by atoms with Crippen LogP contribution in [0.4, 0.5) is 5.69 Å². The predicted molar refractivity (Wildman–Crippen MR) is 98.9 cm³/mol. The first-order chi connectivity index (χ1) is 12.7. The molecule has 0 aliphatic rings. The molecule has 0 fully saturated rings. The van der Waals surface area contributed by atoms with E-state index >= 15 is 0 Å². The average molecular weight is 371 g/mol. The molecule has 0 spiro atoms. The van der Waals surface area contributed by atoms with Crippen molar-refractivity contribution < 1.29 is 19.1 Å². The van der Waals surface area contributed by atoms with Gasteiger partial charge in [0.1, 0.15) is 29.9 Å². The molecule has 1 aromatic heterocycles. The minimum absolute atomic E-state index is 0.136. The predicted octanol–water partition coefficient (Wildman–Crippen LogP) is 1.88. The van der Waals surface area contributed by atoms with Crippen molar-refractivity contribution >= 4 is 23.3 Å². The second-order valence-corrected chi connectivity index (χ2v) is 6.56. The molecule has 0 unspecified atom stereocenters. The van der Waals surface area contributed by atoms with E-state index in [1.807, 2.05) is 0 Å². The summed E-state index contributed by atoms with van der Waals surface area (Å²) in [4.78, 5) is 31.0. The van der Waals surface area contributed by atoms with Gasteiger partial charge in [-0.25, -0.2) is 9.97 Å². The quantitative estimate of drug-likeness (QED) is 0.498. The molecule has 0 aliphatic carbocycles. The van der Waals surface area contributed by atoms with Crippen LogP contribution in [0.2, 0.25) is 0 Å². The number of rotatable bonds is 7. The van der Waals surface area contributed by atoms with Gasteiger partial charge >= 0.3 is 5.97 Å². The number of nitrogens with zero attached hydrogens (tertiary/aromatic N) is 2. The van der Waals surface area contributed by atoms with E-state index in [4.69, 9.17) is 20.6 Å². The van der Waals surface area contributed by atoms with Gasteiger partial charge in [0.05, 0.1) is 12.4 Å². The van der Waals surface area contributed by atoms with Crippen molar-refractivity contribution in [2.75, 3.05) is 11.9 Å². The molecule has 1 heterocycles. The fourth-order valence-corrected chi connectivity index (χ4v) is 2.10. The van der Waals surface area contributed by atoms with Crippen molar-refractivity contribution in [1.29, 1.82) is 5.41 Å². The maximum absolute atomic E-state index is 11.9. The minimum Gasteiger partial charge on any atom is -0.459 e. The molecule has 0 bridgehead atoms. The molecule has 27 heavy (non-hydrogen) atoms. The number of nitrogens with two attached hydrogens (primary N) is 1. The molecular weight excluding hydrogens is 350 g/mol. The van der Waals surface area contributed by atoms with Crippen molar-refractivity contribution in [3.63, 3.8) is 0 Å². The Hall–Kier alpha value is -3.49. The largest absolute Gasteiger partial charge is 0.459 e. The van der Waals surface area contributed by atoms with E-state index in [1.54, 1.807) is 32.9 Å². The van der Waals surface area contributed by atoms with E-state index in [2.05, 4.69) is 15.3 Å². The fourth-order valence-electron chi connectivity index (χ4n) is 2.10. The molecule has 9 heteroatoms. The lowest BCUT2D eigenvalue weighted by Crippen LogP contribution is -2.29. The Morgan fingerprint density at radius 1 is 1.19 bits per heavy atom. The van der Waals surface area contributed by atoms with E-state index in [-0.39, 0.29) is 12.1 Å². The SMILES string of the molecule is CC(C)(C)OC(=O)CNc1ccc(Oc2cncnc2)cc1C(=N)C(N)=O. The summed E-state index contributed by atoms with van der Waals surface area (Å²) in [5, 5.41) is 10.8. The van der Waals surface area contributed by atoms with Crippen LogP contribution >= 0.6 is 0 Å². The Morgan fingerprint density at radius 3 is 2.44 bits per heavy atom. The summed E-state index contributed by atoms with van der Waals surface area (Å²) in [5.41, 5.74) is 4.77. The van der Waals surface area contributed by atoms with Crippen LogP contribution in [-0.4, -0.2) is 39.7 Å². The number of nitrogens with one attached hydrogen (secondary N) is 2. The number of benzene rings is 1. The zero-order chi connectivity index (χ0) is 20.0. The smallest absolute Gasteiger partial charge is 0.325 e. The second-order valence-electron chi connectivity index (χ2n) is 6.56. The summed E-state index contributed by atoms with van der Waals surface area (Å²) < 4.78 is 10.8. The van der Waals surface area contributed by atoms with Gasteiger partial charge in [0, 0.05) is 11.3 Å². The molecule has 0 saturated carbocycles. The van der Waals surface area contributed by atoms with Crippen molar-refractivity contribution in [1.82, 2.24) is 9.97 Å². The van der Waals surface area contributed by atoms with E-state index in [0.717, 1.165) is 0 Å². The molecule has 2 aromatic rings. The van der Waals surface area contributed by atoms with Crippen LogP contribution in [0.25, 0.3) is 0 Å². The van der Waals surface area contributed by atoms with E-state index < -0.39 is 23.2 Å². The molecule has 0 aliphatic heterocycles. The Balaban J connectivity index is 2.22. The van der Waals surface area contributed by atoms with Crippen LogP contribution in [-0.2, 0) is 14.3 Å². The molecule has 9 nitrogen and oxygen atoms in total. The molecule has 0 saturated heterocycles. The number of carbonyl (C=O) groups is 2. The van der Waals surface area contributed by atoms with Crippen LogP contribution in [0.3, 0.4) is 0 Å². The van der Waals surface area contributed by atoms with Gasteiger partial charge < -0.3 is 20.5 Å². The van der Waals surface area contributed by atoms with Crippen LogP contribution in [0, 0.1) is 5.41 Å². The fraction of sp³-hybridized carbons (Fsp3) is 0.278. The number of esters is 1. The third-order valence-electron chi connectivity index (χ3n) is 3.12. The normalized spacial score (nSPS) is 10.8. The lowest BCUT2D eigenvalue weighted by molar-refractivity contribution is -0.152. The Morgan fingerprint density at radius 2 is 1.85 bits per heavy atom. The summed E-state index contributed by atoms with van der Waals surface area (Å²) in [6.45, 7) is 5.15. The summed E-state index contributed by atoms with van der Waals surface area (Å²) in [6.07, 6.45) is 4.31. The van der Waals surface area contributed by atoms with Crippen molar-refractivity contribution in [2.45, 2.75) is 26.4 Å². The maximum Gasteiger partial charge on any atom is 0.325 e. The van der Waals surface area contributed by atoms with Gasteiger partial charge in [0.2, 0.25) is 0 Å². The van der Waals surface area contributed by atoms with Crippen LogP contribution in [0.1, 0.15) is 26.3 Å². The van der Waals surface area contributed by atoms with Gasteiger partial charge in [-0.15, -0.1) is 0 Å². The minimum atomic E-state index is -0.907. The monoisotopic (exact) mass is 371 g/mol. The number of anilines is 1. The number of hydrogen-bond donors (Lipinski definition) is 3. The third-order valence-corrected chi connectivity index (χ3v) is 3.12. The maximum atomic E-state index is 11.9. The molecular formula is C18H21N5O4. The summed E-state index contributed by atoms with van der Waals surface area (Å²) in [7, 11) is 0. The number of primary amides is 1. The molecule has 0 atom stereocenters. The molecule has 1 aromatic carbocycles. The number of hydrogen-bond acceptors (Lipinski definition) is 8. The van der Waals surface area contributed by atoms with Crippen LogP contribution < -0.4 is 15.8 Å². The lowest BCUT2D eigenvalue weighted by atomic mass is 10.1. The van der Waals surface area contributed by atoms with Gasteiger partial charge in [-0.1, -0.05) is 0 Å². The highest BCUT2D eigenvalue weighted by molar-refractivity contribution is 6.44. The topological polar surface area (TPSA) is 140 Å². The molecule has 2 rings (SSSR count). The average Bonchev–Trinajstić information content (AvgIpc) is 2.59. The molecule has 1 amide bonds. The van der Waals surface area contributed by atoms with Crippen LogP contribution in [0.5, 0.6) is 11.5 Å².